The minimum Gasteiger partial charge on any atom is -0.462 e. The summed E-state index contributed by atoms with van der Waals surface area (Å²) in [4.78, 5) is 11.1. The van der Waals surface area contributed by atoms with Gasteiger partial charge in [-0.25, -0.2) is 0 Å². The third-order valence-electron chi connectivity index (χ3n) is 2.47. The second-order valence-corrected chi connectivity index (χ2v) is 3.78. The van der Waals surface area contributed by atoms with Crippen molar-refractivity contribution in [3.63, 3.8) is 0 Å². The SMILES string of the molecule is CCCC(=O)OC1CCC(N)CC1. The molecule has 1 saturated carbocycles. The fourth-order valence-electron chi connectivity index (χ4n) is 1.66. The highest BCUT2D eigenvalue weighted by atomic mass is 16.5. The van der Waals surface area contributed by atoms with Gasteiger partial charge in [-0.1, -0.05) is 6.92 Å². The quantitative estimate of drug-likeness (QED) is 0.679. The van der Waals surface area contributed by atoms with Crippen molar-refractivity contribution in [3.8, 4) is 0 Å². The first-order valence-corrected chi connectivity index (χ1v) is 5.17. The molecular weight excluding hydrogens is 166 g/mol. The van der Waals surface area contributed by atoms with E-state index in [1.54, 1.807) is 0 Å². The van der Waals surface area contributed by atoms with E-state index in [9.17, 15) is 4.79 Å². The number of hydrogen-bond donors (Lipinski definition) is 1. The van der Waals surface area contributed by atoms with Crippen LogP contribution in [-0.2, 0) is 9.53 Å². The van der Waals surface area contributed by atoms with E-state index in [0.717, 1.165) is 32.1 Å². The first kappa shape index (κ1) is 10.5. The van der Waals surface area contributed by atoms with Crippen LogP contribution < -0.4 is 5.73 Å². The van der Waals surface area contributed by atoms with Gasteiger partial charge in [-0.3, -0.25) is 4.79 Å². The molecule has 0 saturated heterocycles. The highest BCUT2D eigenvalue weighted by Gasteiger charge is 2.21. The molecule has 0 atom stereocenters. The Labute approximate surface area is 79.6 Å². The first-order chi connectivity index (χ1) is 6.22. The van der Waals surface area contributed by atoms with Crippen LogP contribution in [0.2, 0.25) is 0 Å². The zero-order valence-electron chi connectivity index (χ0n) is 8.29. The molecule has 0 aromatic carbocycles. The van der Waals surface area contributed by atoms with E-state index in [1.165, 1.54) is 0 Å². The molecule has 0 aromatic rings. The third kappa shape index (κ3) is 3.77. The number of rotatable bonds is 3. The molecule has 1 rings (SSSR count). The molecule has 3 nitrogen and oxygen atoms in total. The van der Waals surface area contributed by atoms with Gasteiger partial charge < -0.3 is 10.5 Å². The standard InChI is InChI=1S/C10H19NO2/c1-2-3-10(12)13-9-6-4-8(11)5-7-9/h8-9H,2-7,11H2,1H3. The molecular formula is C10H19NO2. The molecule has 0 unspecified atom stereocenters. The molecule has 0 radical (unpaired) electrons. The molecule has 0 aliphatic heterocycles. The van der Waals surface area contributed by atoms with Crippen molar-refractivity contribution in [3.05, 3.63) is 0 Å². The van der Waals surface area contributed by atoms with Gasteiger partial charge in [-0.05, 0) is 32.1 Å². The lowest BCUT2D eigenvalue weighted by molar-refractivity contribution is -0.150. The number of ether oxygens (including phenoxy) is 1. The summed E-state index contributed by atoms with van der Waals surface area (Å²) < 4.78 is 5.29. The van der Waals surface area contributed by atoms with E-state index in [1.807, 2.05) is 6.92 Å². The Morgan fingerprint density at radius 2 is 2.00 bits per heavy atom. The van der Waals surface area contributed by atoms with E-state index in [4.69, 9.17) is 10.5 Å². The highest BCUT2D eigenvalue weighted by Crippen LogP contribution is 2.20. The molecule has 0 heterocycles. The van der Waals surface area contributed by atoms with Crippen LogP contribution in [0.1, 0.15) is 45.4 Å². The molecule has 0 amide bonds. The average molecular weight is 185 g/mol. The number of carbonyl (C=O) groups excluding carboxylic acids is 1. The maximum Gasteiger partial charge on any atom is 0.306 e. The lowest BCUT2D eigenvalue weighted by Gasteiger charge is -2.25. The van der Waals surface area contributed by atoms with Gasteiger partial charge in [0.1, 0.15) is 6.10 Å². The minimum atomic E-state index is -0.0528. The van der Waals surface area contributed by atoms with Gasteiger partial charge >= 0.3 is 5.97 Å². The van der Waals surface area contributed by atoms with Crippen molar-refractivity contribution in [2.75, 3.05) is 0 Å². The lowest BCUT2D eigenvalue weighted by atomic mass is 9.94. The first-order valence-electron chi connectivity index (χ1n) is 5.17. The maximum atomic E-state index is 11.1. The van der Waals surface area contributed by atoms with Crippen molar-refractivity contribution in [1.82, 2.24) is 0 Å². The second kappa shape index (κ2) is 5.22. The largest absolute Gasteiger partial charge is 0.462 e. The fourth-order valence-corrected chi connectivity index (χ4v) is 1.66. The zero-order chi connectivity index (χ0) is 9.68. The van der Waals surface area contributed by atoms with Gasteiger partial charge in [0, 0.05) is 12.5 Å². The van der Waals surface area contributed by atoms with Gasteiger partial charge in [0.25, 0.3) is 0 Å². The number of esters is 1. The maximum absolute atomic E-state index is 11.1. The Bertz CT molecular complexity index is 162. The zero-order valence-corrected chi connectivity index (χ0v) is 8.29. The number of nitrogens with two attached hydrogens (primary N) is 1. The molecule has 0 bridgehead atoms. The number of hydrogen-bond acceptors (Lipinski definition) is 3. The van der Waals surface area contributed by atoms with Gasteiger partial charge in [-0.2, -0.15) is 0 Å². The fraction of sp³-hybridized carbons (Fsp3) is 0.900. The van der Waals surface area contributed by atoms with Crippen LogP contribution in [0.3, 0.4) is 0 Å². The van der Waals surface area contributed by atoms with Crippen molar-refractivity contribution >= 4 is 5.97 Å². The van der Waals surface area contributed by atoms with Gasteiger partial charge in [-0.15, -0.1) is 0 Å². The monoisotopic (exact) mass is 185 g/mol. The van der Waals surface area contributed by atoms with Crippen molar-refractivity contribution in [2.24, 2.45) is 5.73 Å². The second-order valence-electron chi connectivity index (χ2n) is 3.78. The summed E-state index contributed by atoms with van der Waals surface area (Å²) in [7, 11) is 0. The van der Waals surface area contributed by atoms with E-state index in [0.29, 0.717) is 12.5 Å². The summed E-state index contributed by atoms with van der Waals surface area (Å²) in [5, 5.41) is 0. The summed E-state index contributed by atoms with van der Waals surface area (Å²) in [5.74, 6) is -0.0528. The van der Waals surface area contributed by atoms with Crippen molar-refractivity contribution in [2.45, 2.75) is 57.6 Å². The highest BCUT2D eigenvalue weighted by molar-refractivity contribution is 5.69. The van der Waals surface area contributed by atoms with Crippen LogP contribution in [0.25, 0.3) is 0 Å². The molecule has 13 heavy (non-hydrogen) atoms. The Hall–Kier alpha value is -0.570. The van der Waals surface area contributed by atoms with Crippen LogP contribution in [-0.4, -0.2) is 18.1 Å². The van der Waals surface area contributed by atoms with E-state index in [2.05, 4.69) is 0 Å². The van der Waals surface area contributed by atoms with E-state index >= 15 is 0 Å². The summed E-state index contributed by atoms with van der Waals surface area (Å²) in [6.07, 6.45) is 5.41. The Morgan fingerprint density at radius 1 is 1.38 bits per heavy atom. The average Bonchev–Trinajstić information content (AvgIpc) is 2.09. The normalized spacial score (nSPS) is 28.5. The molecule has 76 valence electrons. The Morgan fingerprint density at radius 3 is 2.54 bits per heavy atom. The molecule has 1 fully saturated rings. The van der Waals surface area contributed by atoms with Crippen molar-refractivity contribution < 1.29 is 9.53 Å². The Kier molecular flexibility index (Phi) is 4.22. The van der Waals surface area contributed by atoms with Crippen LogP contribution in [0.5, 0.6) is 0 Å². The molecule has 0 aromatic heterocycles. The van der Waals surface area contributed by atoms with Crippen molar-refractivity contribution in [1.29, 1.82) is 0 Å². The predicted octanol–water partition coefficient (Wildman–Crippen LogP) is 1.60. The topological polar surface area (TPSA) is 52.3 Å². The van der Waals surface area contributed by atoms with Crippen LogP contribution in [0.15, 0.2) is 0 Å². The van der Waals surface area contributed by atoms with Crippen LogP contribution in [0.4, 0.5) is 0 Å². The minimum absolute atomic E-state index is 0.0528. The Balaban J connectivity index is 2.18. The molecule has 0 spiro atoms. The van der Waals surface area contributed by atoms with Crippen LogP contribution >= 0.6 is 0 Å². The van der Waals surface area contributed by atoms with Gasteiger partial charge in [0.05, 0.1) is 0 Å². The van der Waals surface area contributed by atoms with Crippen LogP contribution in [0, 0.1) is 0 Å². The van der Waals surface area contributed by atoms with E-state index < -0.39 is 0 Å². The summed E-state index contributed by atoms with van der Waals surface area (Å²) in [6.45, 7) is 1.98. The number of carbonyl (C=O) groups is 1. The molecule has 1 aliphatic rings. The summed E-state index contributed by atoms with van der Waals surface area (Å²) >= 11 is 0. The third-order valence-corrected chi connectivity index (χ3v) is 2.47. The summed E-state index contributed by atoms with van der Waals surface area (Å²) in [5.41, 5.74) is 5.75. The summed E-state index contributed by atoms with van der Waals surface area (Å²) in [6, 6.07) is 0.320. The molecule has 1 aliphatic carbocycles. The van der Waals surface area contributed by atoms with E-state index in [-0.39, 0.29) is 12.1 Å². The smallest absolute Gasteiger partial charge is 0.306 e. The molecule has 2 N–H and O–H groups in total. The lowest BCUT2D eigenvalue weighted by Crippen LogP contribution is -2.31. The van der Waals surface area contributed by atoms with Gasteiger partial charge in [0.15, 0.2) is 0 Å². The predicted molar refractivity (Wildman–Crippen MR) is 51.2 cm³/mol. The van der Waals surface area contributed by atoms with Gasteiger partial charge in [0.2, 0.25) is 0 Å². The molecule has 3 heteroatoms.